The minimum absolute atomic E-state index is 0. The first-order valence-corrected chi connectivity index (χ1v) is 3.70. The molecule has 2 fully saturated rings. The number of likely N-dealkylation sites (tertiary alicyclic amines) is 1. The van der Waals surface area contributed by atoms with Gasteiger partial charge in [0.25, 0.3) is 0 Å². The lowest BCUT2D eigenvalue weighted by Crippen LogP contribution is -2.54. The Morgan fingerprint density at radius 1 is 1.27 bits per heavy atom. The van der Waals surface area contributed by atoms with Crippen LogP contribution in [0.3, 0.4) is 0 Å². The summed E-state index contributed by atoms with van der Waals surface area (Å²) in [5.74, 6) is 0. The predicted molar refractivity (Wildman–Crippen MR) is 51.9 cm³/mol. The number of nitrogens with one attached hydrogen (secondary N) is 1. The van der Waals surface area contributed by atoms with Crippen molar-refractivity contribution in [1.29, 1.82) is 0 Å². The molecule has 0 bridgehead atoms. The topological polar surface area (TPSA) is 15.3 Å². The Labute approximate surface area is 80.5 Å². The molecule has 0 saturated carbocycles. The van der Waals surface area contributed by atoms with Gasteiger partial charge < -0.3 is 10.2 Å². The molecule has 2 rings (SSSR count). The highest BCUT2D eigenvalue weighted by Crippen LogP contribution is 2.32. The third kappa shape index (κ3) is 2.00. The highest BCUT2D eigenvalue weighted by Gasteiger charge is 2.41. The van der Waals surface area contributed by atoms with E-state index in [0.717, 1.165) is 0 Å². The van der Waals surface area contributed by atoms with E-state index in [1.807, 2.05) is 0 Å². The van der Waals surface area contributed by atoms with Gasteiger partial charge in [0.05, 0.1) is 0 Å². The molecule has 11 heavy (non-hydrogen) atoms. The maximum atomic E-state index is 3.34. The molecular formula is C7H16Cl2N2. The molecule has 0 aromatic heterocycles. The van der Waals surface area contributed by atoms with Crippen LogP contribution in [0.2, 0.25) is 0 Å². The van der Waals surface area contributed by atoms with Gasteiger partial charge in [0.15, 0.2) is 0 Å². The van der Waals surface area contributed by atoms with E-state index in [1.54, 1.807) is 0 Å². The first-order chi connectivity index (χ1) is 4.31. The maximum absolute atomic E-state index is 3.34. The second-order valence-electron chi connectivity index (χ2n) is 3.59. The van der Waals surface area contributed by atoms with E-state index in [2.05, 4.69) is 17.3 Å². The zero-order valence-electron chi connectivity index (χ0n) is 6.80. The lowest BCUT2D eigenvalue weighted by atomic mass is 9.81. The van der Waals surface area contributed by atoms with Gasteiger partial charge in [-0.2, -0.15) is 0 Å². The maximum Gasteiger partial charge on any atom is 0.00917 e. The third-order valence-electron chi connectivity index (χ3n) is 2.63. The molecule has 4 heteroatoms. The first-order valence-electron chi connectivity index (χ1n) is 3.70. The fraction of sp³-hybridized carbons (Fsp3) is 1.00. The van der Waals surface area contributed by atoms with E-state index in [0.29, 0.717) is 5.41 Å². The lowest BCUT2D eigenvalue weighted by Gasteiger charge is -2.38. The van der Waals surface area contributed by atoms with E-state index >= 15 is 0 Å². The molecule has 1 spiro atoms. The molecule has 2 aliphatic rings. The summed E-state index contributed by atoms with van der Waals surface area (Å²) in [6.07, 6.45) is 1.41. The summed E-state index contributed by atoms with van der Waals surface area (Å²) >= 11 is 0. The third-order valence-corrected chi connectivity index (χ3v) is 2.63. The molecule has 0 atom stereocenters. The van der Waals surface area contributed by atoms with Crippen molar-refractivity contribution in [2.75, 3.05) is 33.2 Å². The fourth-order valence-electron chi connectivity index (χ4n) is 1.93. The zero-order valence-corrected chi connectivity index (χ0v) is 8.43. The average Bonchev–Trinajstić information content (AvgIpc) is 2.09. The smallest absolute Gasteiger partial charge is 0.00917 e. The van der Waals surface area contributed by atoms with E-state index in [1.165, 1.54) is 32.6 Å². The van der Waals surface area contributed by atoms with Crippen LogP contribution in [-0.2, 0) is 0 Å². The summed E-state index contributed by atoms with van der Waals surface area (Å²) in [4.78, 5) is 2.43. The standard InChI is InChI=1S/C7H14N2.2ClH/c1-9-3-2-7(6-9)4-8-5-7;;/h8H,2-6H2,1H3;2*1H. The molecule has 0 aromatic carbocycles. The van der Waals surface area contributed by atoms with Crippen LogP contribution in [0, 0.1) is 5.41 Å². The van der Waals surface area contributed by atoms with Crippen LogP contribution in [0.4, 0.5) is 0 Å². The largest absolute Gasteiger partial charge is 0.315 e. The van der Waals surface area contributed by atoms with Crippen LogP contribution in [0.5, 0.6) is 0 Å². The minimum Gasteiger partial charge on any atom is -0.315 e. The van der Waals surface area contributed by atoms with Crippen LogP contribution in [0.15, 0.2) is 0 Å². The average molecular weight is 199 g/mol. The fourth-order valence-corrected chi connectivity index (χ4v) is 1.93. The zero-order chi connectivity index (χ0) is 6.32. The summed E-state index contributed by atoms with van der Waals surface area (Å²) in [6.45, 7) is 5.15. The highest BCUT2D eigenvalue weighted by atomic mass is 35.5. The van der Waals surface area contributed by atoms with Crippen molar-refractivity contribution < 1.29 is 0 Å². The van der Waals surface area contributed by atoms with E-state index in [9.17, 15) is 0 Å². The minimum atomic E-state index is 0. The Balaban J connectivity index is 0.000000500. The molecule has 0 unspecified atom stereocenters. The molecule has 2 nitrogen and oxygen atoms in total. The van der Waals surface area contributed by atoms with Crippen molar-refractivity contribution in [1.82, 2.24) is 10.2 Å². The highest BCUT2D eigenvalue weighted by molar-refractivity contribution is 5.85. The Morgan fingerprint density at radius 3 is 2.09 bits per heavy atom. The lowest BCUT2D eigenvalue weighted by molar-refractivity contribution is 0.177. The molecule has 2 aliphatic heterocycles. The number of nitrogens with zero attached hydrogens (tertiary/aromatic N) is 1. The molecule has 2 saturated heterocycles. The normalized spacial score (nSPS) is 27.0. The first kappa shape index (κ1) is 11.5. The Kier molecular flexibility index (Phi) is 4.12. The van der Waals surface area contributed by atoms with Crippen molar-refractivity contribution in [2.45, 2.75) is 6.42 Å². The molecule has 0 aliphatic carbocycles. The Morgan fingerprint density at radius 2 is 1.91 bits per heavy atom. The molecular weight excluding hydrogens is 183 g/mol. The van der Waals surface area contributed by atoms with Gasteiger partial charge in [0.1, 0.15) is 0 Å². The van der Waals surface area contributed by atoms with Crippen LogP contribution in [0.25, 0.3) is 0 Å². The van der Waals surface area contributed by atoms with Gasteiger partial charge in [0, 0.05) is 25.0 Å². The summed E-state index contributed by atoms with van der Waals surface area (Å²) < 4.78 is 0. The van der Waals surface area contributed by atoms with E-state index in [-0.39, 0.29) is 24.8 Å². The Bertz CT molecular complexity index is 126. The van der Waals surface area contributed by atoms with Crippen LogP contribution < -0.4 is 5.32 Å². The van der Waals surface area contributed by atoms with Crippen molar-refractivity contribution in [3.8, 4) is 0 Å². The molecule has 0 radical (unpaired) electrons. The number of halogens is 2. The number of rotatable bonds is 0. The van der Waals surface area contributed by atoms with Gasteiger partial charge in [-0.1, -0.05) is 0 Å². The van der Waals surface area contributed by atoms with Crippen molar-refractivity contribution in [3.05, 3.63) is 0 Å². The van der Waals surface area contributed by atoms with Crippen LogP contribution >= 0.6 is 24.8 Å². The molecule has 2 heterocycles. The van der Waals surface area contributed by atoms with Crippen molar-refractivity contribution in [3.63, 3.8) is 0 Å². The summed E-state index contributed by atoms with van der Waals surface area (Å²) in [5, 5.41) is 3.34. The van der Waals surface area contributed by atoms with E-state index in [4.69, 9.17) is 0 Å². The number of hydrogen-bond donors (Lipinski definition) is 1. The second-order valence-corrected chi connectivity index (χ2v) is 3.59. The molecule has 1 N–H and O–H groups in total. The summed E-state index contributed by atoms with van der Waals surface area (Å²) in [5.41, 5.74) is 0.703. The Hall–Kier alpha value is 0.500. The predicted octanol–water partition coefficient (Wildman–Crippen LogP) is 0.755. The van der Waals surface area contributed by atoms with Crippen molar-refractivity contribution in [2.24, 2.45) is 5.41 Å². The van der Waals surface area contributed by atoms with Gasteiger partial charge >= 0.3 is 0 Å². The SMILES string of the molecule is CN1CCC2(CNC2)C1.Cl.Cl. The van der Waals surface area contributed by atoms with Crippen LogP contribution in [-0.4, -0.2) is 38.1 Å². The molecule has 0 aromatic rings. The van der Waals surface area contributed by atoms with Gasteiger partial charge in [0.2, 0.25) is 0 Å². The summed E-state index contributed by atoms with van der Waals surface area (Å²) in [7, 11) is 2.22. The van der Waals surface area contributed by atoms with Gasteiger partial charge in [-0.05, 0) is 20.0 Å². The van der Waals surface area contributed by atoms with Crippen molar-refractivity contribution >= 4 is 24.8 Å². The molecule has 0 amide bonds. The van der Waals surface area contributed by atoms with Crippen LogP contribution in [0.1, 0.15) is 6.42 Å². The second kappa shape index (κ2) is 3.94. The summed E-state index contributed by atoms with van der Waals surface area (Å²) in [6, 6.07) is 0. The van der Waals surface area contributed by atoms with Gasteiger partial charge in [-0.25, -0.2) is 0 Å². The van der Waals surface area contributed by atoms with Gasteiger partial charge in [-0.3, -0.25) is 0 Å². The quantitative estimate of drug-likeness (QED) is 0.619. The van der Waals surface area contributed by atoms with Gasteiger partial charge in [-0.15, -0.1) is 24.8 Å². The molecule has 68 valence electrons. The van der Waals surface area contributed by atoms with E-state index < -0.39 is 0 Å². The number of hydrogen-bond acceptors (Lipinski definition) is 2. The monoisotopic (exact) mass is 198 g/mol.